The molecule has 0 aliphatic rings. The van der Waals surface area contributed by atoms with Gasteiger partial charge in [-0.3, -0.25) is 24.3 Å². The number of amides is 1. The van der Waals surface area contributed by atoms with Gasteiger partial charge in [0.05, 0.1) is 35.7 Å². The molecule has 3 rings (SSSR count). The van der Waals surface area contributed by atoms with Crippen molar-refractivity contribution in [2.75, 3.05) is 12.4 Å². The molecule has 2 heterocycles. The van der Waals surface area contributed by atoms with Gasteiger partial charge in [-0.05, 0) is 19.9 Å². The van der Waals surface area contributed by atoms with E-state index in [0.29, 0.717) is 22.6 Å². The van der Waals surface area contributed by atoms with Crippen molar-refractivity contribution in [3.8, 4) is 5.88 Å². The summed E-state index contributed by atoms with van der Waals surface area (Å²) in [6.45, 7) is 3.46. The Labute approximate surface area is 165 Å². The molecule has 0 saturated carbocycles. The zero-order valence-corrected chi connectivity index (χ0v) is 16.0. The summed E-state index contributed by atoms with van der Waals surface area (Å²) in [5, 5.41) is 21.9. The maximum absolute atomic E-state index is 13.9. The average molecular weight is 402 g/mol. The van der Waals surface area contributed by atoms with Crippen molar-refractivity contribution in [2.24, 2.45) is 0 Å². The van der Waals surface area contributed by atoms with Gasteiger partial charge in [-0.2, -0.15) is 5.10 Å². The van der Waals surface area contributed by atoms with E-state index < -0.39 is 10.8 Å². The van der Waals surface area contributed by atoms with Gasteiger partial charge < -0.3 is 10.1 Å². The Morgan fingerprint density at radius 2 is 2.03 bits per heavy atom. The molecule has 10 nitrogen and oxygen atoms in total. The number of rotatable bonds is 7. The van der Waals surface area contributed by atoms with Crippen LogP contribution in [0.25, 0.3) is 0 Å². The topological polar surface area (TPSA) is 117 Å². The van der Waals surface area contributed by atoms with Gasteiger partial charge >= 0.3 is 11.6 Å². The first-order valence-electron chi connectivity index (χ1n) is 8.63. The molecule has 0 aliphatic carbocycles. The number of aromatic nitrogens is 4. The number of hydrogen-bond acceptors (Lipinski definition) is 6. The van der Waals surface area contributed by atoms with Gasteiger partial charge in [-0.25, -0.2) is 4.39 Å². The number of carbonyl (C=O) groups excluding carboxylic acids is 1. The van der Waals surface area contributed by atoms with Crippen molar-refractivity contribution in [1.82, 2.24) is 19.6 Å². The number of halogens is 1. The largest absolute Gasteiger partial charge is 0.475 e. The number of ether oxygens (including phenoxy) is 1. The second-order valence-electron chi connectivity index (χ2n) is 6.32. The van der Waals surface area contributed by atoms with E-state index in [4.69, 9.17) is 4.74 Å². The third kappa shape index (κ3) is 4.23. The van der Waals surface area contributed by atoms with Crippen LogP contribution in [-0.2, 0) is 17.9 Å². The van der Waals surface area contributed by atoms with Crippen LogP contribution in [0.15, 0.2) is 30.5 Å². The Morgan fingerprint density at radius 1 is 1.31 bits per heavy atom. The van der Waals surface area contributed by atoms with Crippen molar-refractivity contribution in [3.05, 3.63) is 63.3 Å². The molecule has 29 heavy (non-hydrogen) atoms. The number of nitrogens with zero attached hydrogens (tertiary/aromatic N) is 5. The molecular weight excluding hydrogens is 383 g/mol. The molecule has 1 N–H and O–H groups in total. The van der Waals surface area contributed by atoms with E-state index in [9.17, 15) is 19.3 Å². The fraction of sp³-hybridized carbons (Fsp3) is 0.278. The number of hydrogen-bond donors (Lipinski definition) is 1. The number of nitrogens with one attached hydrogen (secondary N) is 1. The molecule has 1 aromatic carbocycles. The first-order valence-corrected chi connectivity index (χ1v) is 8.63. The molecule has 0 unspecified atom stereocenters. The lowest BCUT2D eigenvalue weighted by atomic mass is 10.2. The van der Waals surface area contributed by atoms with E-state index in [2.05, 4.69) is 15.5 Å². The normalized spacial score (nSPS) is 10.8. The molecular formula is C18H19FN6O4. The molecule has 1 amide bonds. The minimum Gasteiger partial charge on any atom is -0.475 e. The maximum atomic E-state index is 13.9. The predicted octanol–water partition coefficient (Wildman–Crippen LogP) is 2.44. The molecule has 11 heteroatoms. The van der Waals surface area contributed by atoms with Gasteiger partial charge in [0.2, 0.25) is 5.91 Å². The van der Waals surface area contributed by atoms with Gasteiger partial charge in [0.25, 0.3) is 0 Å². The zero-order valence-electron chi connectivity index (χ0n) is 16.0. The van der Waals surface area contributed by atoms with E-state index in [0.717, 1.165) is 10.9 Å². The highest BCUT2D eigenvalue weighted by atomic mass is 19.1. The van der Waals surface area contributed by atoms with Crippen LogP contribution in [0.3, 0.4) is 0 Å². The third-order valence-electron chi connectivity index (χ3n) is 4.33. The van der Waals surface area contributed by atoms with Crippen molar-refractivity contribution >= 4 is 17.3 Å². The lowest BCUT2D eigenvalue weighted by Gasteiger charge is -2.08. The third-order valence-corrected chi connectivity index (χ3v) is 4.33. The second kappa shape index (κ2) is 8.09. The van der Waals surface area contributed by atoms with E-state index >= 15 is 0 Å². The SMILES string of the molecule is COc1nn(CC(=O)Nc2c(C)nn(Cc3ccccc3F)c2C)cc1[N+](=O)[O-]. The summed E-state index contributed by atoms with van der Waals surface area (Å²) in [7, 11) is 1.26. The fourth-order valence-corrected chi connectivity index (χ4v) is 2.89. The Bertz CT molecular complexity index is 1070. The summed E-state index contributed by atoms with van der Waals surface area (Å²) < 4.78 is 21.5. The van der Waals surface area contributed by atoms with E-state index in [1.54, 1.807) is 36.7 Å². The van der Waals surface area contributed by atoms with Crippen molar-refractivity contribution in [1.29, 1.82) is 0 Å². The molecule has 2 aromatic heterocycles. The number of aryl methyl sites for hydroxylation is 1. The van der Waals surface area contributed by atoms with Crippen molar-refractivity contribution in [3.63, 3.8) is 0 Å². The highest BCUT2D eigenvalue weighted by Gasteiger charge is 2.22. The second-order valence-corrected chi connectivity index (χ2v) is 6.32. The number of benzene rings is 1. The maximum Gasteiger partial charge on any atom is 0.350 e. The Kier molecular flexibility index (Phi) is 5.57. The summed E-state index contributed by atoms with van der Waals surface area (Å²) >= 11 is 0. The number of nitro groups is 1. The molecule has 0 saturated heterocycles. The Morgan fingerprint density at radius 3 is 2.66 bits per heavy atom. The van der Waals surface area contributed by atoms with E-state index in [-0.39, 0.29) is 30.5 Å². The van der Waals surface area contributed by atoms with E-state index in [1.807, 2.05) is 0 Å². The highest BCUT2D eigenvalue weighted by Crippen LogP contribution is 2.24. The van der Waals surface area contributed by atoms with Crippen LogP contribution in [-0.4, -0.2) is 37.5 Å². The molecule has 3 aromatic rings. The molecule has 0 fully saturated rings. The van der Waals surface area contributed by atoms with Gasteiger partial charge in [0.15, 0.2) is 0 Å². The smallest absolute Gasteiger partial charge is 0.350 e. The van der Waals surface area contributed by atoms with Gasteiger partial charge in [0, 0.05) is 5.56 Å². The molecule has 0 atom stereocenters. The van der Waals surface area contributed by atoms with E-state index in [1.165, 1.54) is 13.2 Å². The minimum atomic E-state index is -0.638. The molecule has 0 spiro atoms. The summed E-state index contributed by atoms with van der Waals surface area (Å²) in [5.41, 5.74) is 1.87. The number of methoxy groups -OCH3 is 1. The van der Waals surface area contributed by atoms with Crippen molar-refractivity contribution < 1.29 is 18.8 Å². The van der Waals surface area contributed by atoms with Crippen LogP contribution in [0, 0.1) is 29.8 Å². The van der Waals surface area contributed by atoms with Crippen LogP contribution >= 0.6 is 0 Å². The minimum absolute atomic E-state index is 0.173. The first kappa shape index (κ1) is 20.0. The summed E-state index contributed by atoms with van der Waals surface area (Å²) in [5.74, 6) is -0.950. The Hall–Kier alpha value is -3.76. The first-order chi connectivity index (χ1) is 13.8. The van der Waals surface area contributed by atoms with Gasteiger partial charge in [-0.1, -0.05) is 18.2 Å². The predicted molar refractivity (Wildman–Crippen MR) is 101 cm³/mol. The monoisotopic (exact) mass is 402 g/mol. The van der Waals surface area contributed by atoms with Crippen LogP contribution < -0.4 is 10.1 Å². The highest BCUT2D eigenvalue weighted by molar-refractivity contribution is 5.91. The fourth-order valence-electron chi connectivity index (χ4n) is 2.89. The summed E-state index contributed by atoms with van der Waals surface area (Å²) in [4.78, 5) is 22.7. The van der Waals surface area contributed by atoms with Crippen LogP contribution in [0.5, 0.6) is 5.88 Å². The number of carbonyl (C=O) groups is 1. The van der Waals surface area contributed by atoms with Crippen LogP contribution in [0.4, 0.5) is 15.8 Å². The van der Waals surface area contributed by atoms with Crippen LogP contribution in [0.2, 0.25) is 0 Å². The lowest BCUT2D eigenvalue weighted by Crippen LogP contribution is -2.20. The van der Waals surface area contributed by atoms with Gasteiger partial charge in [0.1, 0.15) is 18.6 Å². The molecule has 152 valence electrons. The molecule has 0 radical (unpaired) electrons. The number of anilines is 1. The molecule has 0 bridgehead atoms. The van der Waals surface area contributed by atoms with Crippen LogP contribution in [0.1, 0.15) is 17.0 Å². The van der Waals surface area contributed by atoms with Crippen molar-refractivity contribution in [2.45, 2.75) is 26.9 Å². The quantitative estimate of drug-likeness (QED) is 0.479. The summed E-state index contributed by atoms with van der Waals surface area (Å²) in [6.07, 6.45) is 1.12. The van der Waals surface area contributed by atoms with Gasteiger partial charge in [-0.15, -0.1) is 5.10 Å². The lowest BCUT2D eigenvalue weighted by molar-refractivity contribution is -0.385. The Balaban J connectivity index is 1.75. The summed E-state index contributed by atoms with van der Waals surface area (Å²) in [6, 6.07) is 6.40. The molecule has 0 aliphatic heterocycles. The zero-order chi connectivity index (χ0) is 21.1. The average Bonchev–Trinajstić information content (AvgIpc) is 3.20. The standard InChI is InChI=1S/C18H19FN6O4/c1-11-17(12(2)24(21-11)8-13-6-4-5-7-14(13)19)20-16(26)10-23-9-15(25(27)28)18(22-23)29-3/h4-7,9H,8,10H2,1-3H3,(H,20,26).